The van der Waals surface area contributed by atoms with E-state index in [1.165, 1.54) is 22.6 Å². The summed E-state index contributed by atoms with van der Waals surface area (Å²) in [5, 5.41) is 7.18. The highest BCUT2D eigenvalue weighted by atomic mass is 32.2. The van der Waals surface area contributed by atoms with Crippen molar-refractivity contribution in [2.24, 2.45) is 0 Å². The van der Waals surface area contributed by atoms with Gasteiger partial charge in [-0.05, 0) is 30.3 Å². The van der Waals surface area contributed by atoms with Gasteiger partial charge >= 0.3 is 0 Å². The van der Waals surface area contributed by atoms with Crippen LogP contribution in [0.2, 0.25) is 0 Å². The van der Waals surface area contributed by atoms with Gasteiger partial charge in [-0.1, -0.05) is 12.1 Å². The number of nitrogens with one attached hydrogen (secondary N) is 1. The molecule has 1 aliphatic rings. The van der Waals surface area contributed by atoms with E-state index in [-0.39, 0.29) is 0 Å². The van der Waals surface area contributed by atoms with Gasteiger partial charge in [-0.3, -0.25) is 0 Å². The molecule has 18 heavy (non-hydrogen) atoms. The topological polar surface area (TPSA) is 51.0 Å². The fourth-order valence-corrected chi connectivity index (χ4v) is 4.21. The molecule has 2 aromatic heterocycles. The fourth-order valence-electron chi connectivity index (χ4n) is 1.92. The van der Waals surface area contributed by atoms with Crippen LogP contribution in [-0.4, -0.2) is 22.4 Å². The molecule has 0 aliphatic carbocycles. The van der Waals surface area contributed by atoms with Crippen LogP contribution in [0.5, 0.6) is 0 Å². The Bertz CT molecular complexity index is 512. The molecule has 0 bridgehead atoms. The van der Waals surface area contributed by atoms with Crippen LogP contribution in [0.3, 0.4) is 0 Å². The molecule has 0 spiro atoms. The molecule has 0 amide bonds. The third kappa shape index (κ3) is 2.46. The maximum atomic E-state index is 5.33. The Labute approximate surface area is 114 Å². The lowest BCUT2D eigenvalue weighted by atomic mass is 10.2. The van der Waals surface area contributed by atoms with Gasteiger partial charge in [0.1, 0.15) is 0 Å². The standard InChI is InChI=1S/C12H15N3OS2/c1-2-13-6-11-14-12(16-15-11)10-5-8-7-17-4-3-9(8)18-10/h5,13H,2-4,6-7H2,1H3. The van der Waals surface area contributed by atoms with Crippen LogP contribution < -0.4 is 5.32 Å². The van der Waals surface area contributed by atoms with Crippen LogP contribution in [0.4, 0.5) is 0 Å². The smallest absolute Gasteiger partial charge is 0.268 e. The average molecular weight is 281 g/mol. The molecule has 6 heteroatoms. The van der Waals surface area contributed by atoms with Crippen molar-refractivity contribution in [3.05, 3.63) is 22.3 Å². The van der Waals surface area contributed by atoms with Crippen molar-refractivity contribution >= 4 is 23.1 Å². The van der Waals surface area contributed by atoms with Crippen molar-refractivity contribution in [2.45, 2.75) is 25.6 Å². The van der Waals surface area contributed by atoms with Crippen LogP contribution in [0.25, 0.3) is 10.8 Å². The van der Waals surface area contributed by atoms with Gasteiger partial charge in [0.15, 0.2) is 5.82 Å². The van der Waals surface area contributed by atoms with Crippen LogP contribution in [-0.2, 0) is 18.7 Å². The quantitative estimate of drug-likeness (QED) is 0.934. The Hall–Kier alpha value is -0.850. The molecular weight excluding hydrogens is 266 g/mol. The minimum absolute atomic E-state index is 0.660. The van der Waals surface area contributed by atoms with E-state index in [2.05, 4.69) is 28.4 Å². The molecule has 0 unspecified atom stereocenters. The number of aryl methyl sites for hydroxylation is 1. The summed E-state index contributed by atoms with van der Waals surface area (Å²) in [4.78, 5) is 7.02. The molecule has 1 N–H and O–H groups in total. The van der Waals surface area contributed by atoms with E-state index in [0.717, 1.165) is 23.0 Å². The molecule has 0 saturated carbocycles. The van der Waals surface area contributed by atoms with E-state index in [9.17, 15) is 0 Å². The monoisotopic (exact) mass is 281 g/mol. The van der Waals surface area contributed by atoms with Crippen molar-refractivity contribution in [1.82, 2.24) is 15.5 Å². The summed E-state index contributed by atoms with van der Waals surface area (Å²) in [5.74, 6) is 3.73. The average Bonchev–Trinajstić information content (AvgIpc) is 3.02. The molecule has 96 valence electrons. The fraction of sp³-hybridized carbons (Fsp3) is 0.500. The minimum Gasteiger partial charge on any atom is -0.333 e. The van der Waals surface area contributed by atoms with Crippen molar-refractivity contribution in [3.8, 4) is 10.8 Å². The molecule has 2 aromatic rings. The summed E-state index contributed by atoms with van der Waals surface area (Å²) >= 11 is 3.79. The summed E-state index contributed by atoms with van der Waals surface area (Å²) in [5.41, 5.74) is 1.44. The van der Waals surface area contributed by atoms with E-state index in [4.69, 9.17) is 4.52 Å². The third-order valence-electron chi connectivity index (χ3n) is 2.84. The Kier molecular flexibility index (Phi) is 3.67. The first kappa shape index (κ1) is 12.2. The zero-order valence-corrected chi connectivity index (χ0v) is 11.9. The highest BCUT2D eigenvalue weighted by Crippen LogP contribution is 2.36. The summed E-state index contributed by atoms with van der Waals surface area (Å²) in [6.45, 7) is 3.64. The first-order valence-corrected chi connectivity index (χ1v) is 8.07. The second-order valence-electron chi connectivity index (χ2n) is 4.16. The lowest BCUT2D eigenvalue weighted by molar-refractivity contribution is 0.420. The number of hydrogen-bond donors (Lipinski definition) is 1. The molecule has 0 radical (unpaired) electrons. The van der Waals surface area contributed by atoms with E-state index >= 15 is 0 Å². The van der Waals surface area contributed by atoms with Gasteiger partial charge in [0.05, 0.1) is 11.4 Å². The van der Waals surface area contributed by atoms with Gasteiger partial charge in [0.2, 0.25) is 0 Å². The Balaban J connectivity index is 1.81. The molecule has 0 fully saturated rings. The van der Waals surface area contributed by atoms with Gasteiger partial charge in [-0.2, -0.15) is 16.7 Å². The second kappa shape index (κ2) is 5.42. The molecule has 1 aliphatic heterocycles. The van der Waals surface area contributed by atoms with Gasteiger partial charge < -0.3 is 9.84 Å². The molecule has 0 atom stereocenters. The lowest BCUT2D eigenvalue weighted by Gasteiger charge is -2.08. The van der Waals surface area contributed by atoms with Crippen LogP contribution in [0, 0.1) is 0 Å². The maximum Gasteiger partial charge on any atom is 0.268 e. The molecular formula is C12H15N3OS2. The van der Waals surface area contributed by atoms with Crippen molar-refractivity contribution < 1.29 is 4.52 Å². The van der Waals surface area contributed by atoms with Gasteiger partial charge in [0.25, 0.3) is 5.89 Å². The summed E-state index contributed by atoms with van der Waals surface area (Å²) < 4.78 is 5.33. The van der Waals surface area contributed by atoms with Gasteiger partial charge in [-0.25, -0.2) is 0 Å². The number of nitrogens with zero attached hydrogens (tertiary/aromatic N) is 2. The number of aromatic nitrogens is 2. The Morgan fingerprint density at radius 3 is 3.28 bits per heavy atom. The van der Waals surface area contributed by atoms with Gasteiger partial charge in [-0.15, -0.1) is 11.3 Å². The molecule has 0 aromatic carbocycles. The molecule has 0 saturated heterocycles. The summed E-state index contributed by atoms with van der Waals surface area (Å²) in [6.07, 6.45) is 1.17. The minimum atomic E-state index is 0.660. The number of thioether (sulfide) groups is 1. The lowest BCUT2D eigenvalue weighted by Crippen LogP contribution is -2.12. The number of fused-ring (bicyclic) bond motifs is 1. The normalized spacial score (nSPS) is 14.7. The Morgan fingerprint density at radius 1 is 1.50 bits per heavy atom. The van der Waals surface area contributed by atoms with E-state index in [1.807, 2.05) is 11.8 Å². The van der Waals surface area contributed by atoms with Crippen LogP contribution in [0.15, 0.2) is 10.6 Å². The highest BCUT2D eigenvalue weighted by molar-refractivity contribution is 7.98. The Morgan fingerprint density at radius 2 is 2.44 bits per heavy atom. The SMILES string of the molecule is CCNCc1noc(-c2cc3c(s2)CCSC3)n1. The first-order chi connectivity index (χ1) is 8.86. The van der Waals surface area contributed by atoms with E-state index < -0.39 is 0 Å². The van der Waals surface area contributed by atoms with Gasteiger partial charge in [0, 0.05) is 10.6 Å². The van der Waals surface area contributed by atoms with Crippen molar-refractivity contribution in [2.75, 3.05) is 12.3 Å². The van der Waals surface area contributed by atoms with Crippen LogP contribution in [0.1, 0.15) is 23.2 Å². The number of rotatable bonds is 4. The van der Waals surface area contributed by atoms with Crippen LogP contribution >= 0.6 is 23.1 Å². The molecule has 3 rings (SSSR count). The molecule has 3 heterocycles. The second-order valence-corrected chi connectivity index (χ2v) is 6.40. The first-order valence-electron chi connectivity index (χ1n) is 6.10. The molecule has 4 nitrogen and oxygen atoms in total. The largest absolute Gasteiger partial charge is 0.333 e. The number of thiophene rings is 1. The third-order valence-corrected chi connectivity index (χ3v) is 5.07. The summed E-state index contributed by atoms with van der Waals surface area (Å²) in [7, 11) is 0. The van der Waals surface area contributed by atoms with Crippen molar-refractivity contribution in [1.29, 1.82) is 0 Å². The van der Waals surface area contributed by atoms with E-state index in [1.54, 1.807) is 11.3 Å². The van der Waals surface area contributed by atoms with E-state index in [0.29, 0.717) is 12.4 Å². The predicted octanol–water partition coefficient (Wildman–Crippen LogP) is 2.70. The summed E-state index contributed by atoms with van der Waals surface area (Å²) in [6, 6.07) is 2.21. The highest BCUT2D eigenvalue weighted by Gasteiger charge is 2.17. The van der Waals surface area contributed by atoms with Crippen molar-refractivity contribution in [3.63, 3.8) is 0 Å². The number of hydrogen-bond acceptors (Lipinski definition) is 6. The maximum absolute atomic E-state index is 5.33. The predicted molar refractivity (Wildman–Crippen MR) is 74.9 cm³/mol. The zero-order valence-electron chi connectivity index (χ0n) is 10.2. The zero-order chi connectivity index (χ0) is 12.4.